The van der Waals surface area contributed by atoms with Crippen molar-refractivity contribution in [1.82, 2.24) is 5.32 Å². The van der Waals surface area contributed by atoms with Crippen LogP contribution in [0.3, 0.4) is 0 Å². The van der Waals surface area contributed by atoms with Crippen molar-refractivity contribution in [3.05, 3.63) is 57.4 Å². The molecule has 0 spiro atoms. The van der Waals surface area contributed by atoms with Gasteiger partial charge in [-0.1, -0.05) is 45.7 Å². The number of ether oxygens (including phenoxy) is 2. The topological polar surface area (TPSA) is 64.6 Å². The minimum absolute atomic E-state index is 0.327. The Bertz CT molecular complexity index is 742. The Balaban J connectivity index is 2.76. The number of hydrogen-bond acceptors (Lipinski definition) is 5. The highest BCUT2D eigenvalue weighted by Gasteiger charge is 2.39. The summed E-state index contributed by atoms with van der Waals surface area (Å²) in [5.74, 6) is -1.73. The number of methoxy groups -OCH3 is 2. The molecule has 1 atom stereocenters. The molecular weight excluding hydrogens is 398 g/mol. The predicted molar refractivity (Wildman–Crippen MR) is 94.9 cm³/mol. The minimum atomic E-state index is -0.674. The molecule has 1 aromatic rings. The number of esters is 2. The summed E-state index contributed by atoms with van der Waals surface area (Å²) in [6, 6.07) is 7.08. The average molecular weight is 415 g/mol. The number of halogens is 2. The molecule has 5 nitrogen and oxygen atoms in total. The Morgan fingerprint density at radius 3 is 2.29 bits per heavy atom. The number of carbonyl (C=O) groups is 2. The van der Waals surface area contributed by atoms with Crippen molar-refractivity contribution in [2.24, 2.45) is 0 Å². The molecule has 0 aromatic heterocycles. The zero-order valence-corrected chi connectivity index (χ0v) is 15.8. The first-order chi connectivity index (χ1) is 11.5. The van der Waals surface area contributed by atoms with Gasteiger partial charge in [0.1, 0.15) is 0 Å². The van der Waals surface area contributed by atoms with Gasteiger partial charge in [-0.15, -0.1) is 0 Å². The summed E-state index contributed by atoms with van der Waals surface area (Å²) in [6.07, 6.45) is 0. The molecule has 0 fully saturated rings. The van der Waals surface area contributed by atoms with Gasteiger partial charge in [-0.05, 0) is 18.6 Å². The van der Waals surface area contributed by atoms with Gasteiger partial charge in [-0.2, -0.15) is 0 Å². The second-order valence-corrected chi connectivity index (χ2v) is 6.10. The quantitative estimate of drug-likeness (QED) is 0.605. The number of rotatable bonds is 4. The number of dihydropyridines is 1. The molecule has 1 aliphatic rings. The molecule has 0 bridgehead atoms. The van der Waals surface area contributed by atoms with Gasteiger partial charge in [0.2, 0.25) is 0 Å². The molecule has 2 rings (SSSR count). The number of allylic oxidation sites excluding steroid dienone is 2. The van der Waals surface area contributed by atoms with Gasteiger partial charge in [0, 0.05) is 21.7 Å². The summed E-state index contributed by atoms with van der Waals surface area (Å²) in [7, 11) is 2.60. The van der Waals surface area contributed by atoms with E-state index in [1.54, 1.807) is 31.2 Å². The van der Waals surface area contributed by atoms with E-state index in [1.807, 2.05) is 0 Å². The lowest BCUT2D eigenvalue weighted by atomic mass is 9.80. The predicted octanol–water partition coefficient (Wildman–Crippen LogP) is 3.30. The van der Waals surface area contributed by atoms with E-state index < -0.39 is 17.9 Å². The Hall–Kier alpha value is -1.79. The molecule has 1 N–H and O–H groups in total. The highest BCUT2D eigenvalue weighted by Crippen LogP contribution is 2.41. The fraction of sp³-hybridized carbons (Fsp3) is 0.294. The Kier molecular flexibility index (Phi) is 6.07. The van der Waals surface area contributed by atoms with Crippen LogP contribution in [-0.4, -0.2) is 31.5 Å². The van der Waals surface area contributed by atoms with Crippen LogP contribution >= 0.6 is 27.5 Å². The van der Waals surface area contributed by atoms with Crippen molar-refractivity contribution in [3.63, 3.8) is 0 Å². The van der Waals surface area contributed by atoms with Crippen molar-refractivity contribution < 1.29 is 19.1 Å². The van der Waals surface area contributed by atoms with Gasteiger partial charge in [0.25, 0.3) is 0 Å². The van der Waals surface area contributed by atoms with Crippen LogP contribution in [0.2, 0.25) is 5.02 Å². The van der Waals surface area contributed by atoms with Crippen molar-refractivity contribution in [1.29, 1.82) is 0 Å². The van der Waals surface area contributed by atoms with Gasteiger partial charge < -0.3 is 14.8 Å². The summed E-state index contributed by atoms with van der Waals surface area (Å²) in [4.78, 5) is 24.8. The van der Waals surface area contributed by atoms with Crippen LogP contribution in [0.5, 0.6) is 0 Å². The van der Waals surface area contributed by atoms with Crippen LogP contribution < -0.4 is 5.32 Å². The maximum absolute atomic E-state index is 12.4. The standard InChI is InChI=1S/C17H17BrClNO4/c1-9-13(16(21)23-2)14(10-6-4-5-7-11(10)19)15(17(22)24-3)12(8-18)20-9/h4-7,14,20H,8H2,1-3H3. The molecule has 0 aliphatic carbocycles. The van der Waals surface area contributed by atoms with Crippen LogP contribution in [0.1, 0.15) is 18.4 Å². The van der Waals surface area contributed by atoms with E-state index in [0.29, 0.717) is 38.5 Å². The fourth-order valence-corrected chi connectivity index (χ4v) is 3.44. The number of alkyl halides is 1. The number of benzene rings is 1. The highest BCUT2D eigenvalue weighted by molar-refractivity contribution is 9.09. The van der Waals surface area contributed by atoms with E-state index in [0.717, 1.165) is 0 Å². The monoisotopic (exact) mass is 413 g/mol. The van der Waals surface area contributed by atoms with Crippen LogP contribution in [0.15, 0.2) is 46.8 Å². The molecule has 128 valence electrons. The maximum Gasteiger partial charge on any atom is 0.336 e. The molecule has 1 aliphatic heterocycles. The van der Waals surface area contributed by atoms with Crippen molar-refractivity contribution >= 4 is 39.5 Å². The molecule has 7 heteroatoms. The van der Waals surface area contributed by atoms with Gasteiger partial charge in [0.15, 0.2) is 0 Å². The SMILES string of the molecule is COC(=O)C1=C(C)NC(CBr)=C(C(=O)OC)C1c1ccccc1Cl. The van der Waals surface area contributed by atoms with E-state index in [1.165, 1.54) is 14.2 Å². The van der Waals surface area contributed by atoms with Gasteiger partial charge in [-0.25, -0.2) is 9.59 Å². The second kappa shape index (κ2) is 7.85. The van der Waals surface area contributed by atoms with Crippen LogP contribution in [0.25, 0.3) is 0 Å². The average Bonchev–Trinajstić information content (AvgIpc) is 2.59. The first-order valence-corrected chi connectivity index (χ1v) is 8.64. The van der Waals surface area contributed by atoms with Crippen molar-refractivity contribution in [3.8, 4) is 0 Å². The Morgan fingerprint density at radius 1 is 1.17 bits per heavy atom. The van der Waals surface area contributed by atoms with Gasteiger partial charge >= 0.3 is 11.9 Å². The molecule has 0 saturated heterocycles. The first-order valence-electron chi connectivity index (χ1n) is 7.14. The molecule has 0 radical (unpaired) electrons. The lowest BCUT2D eigenvalue weighted by molar-refractivity contribution is -0.137. The third-order valence-corrected chi connectivity index (χ3v) is 4.71. The molecule has 0 amide bonds. The summed E-state index contributed by atoms with van der Waals surface area (Å²) < 4.78 is 9.85. The number of carbonyl (C=O) groups excluding carboxylic acids is 2. The summed E-state index contributed by atoms with van der Waals surface area (Å²) >= 11 is 9.71. The second-order valence-electron chi connectivity index (χ2n) is 5.13. The van der Waals surface area contributed by atoms with E-state index in [4.69, 9.17) is 21.1 Å². The van der Waals surface area contributed by atoms with Crippen LogP contribution in [-0.2, 0) is 19.1 Å². The maximum atomic E-state index is 12.4. The van der Waals surface area contributed by atoms with E-state index in [2.05, 4.69) is 21.2 Å². The summed E-state index contributed by atoms with van der Waals surface area (Å²) in [5, 5.41) is 3.93. The third kappa shape index (κ3) is 3.35. The van der Waals surface area contributed by atoms with E-state index in [-0.39, 0.29) is 0 Å². The zero-order chi connectivity index (χ0) is 17.9. The number of nitrogens with one attached hydrogen (secondary N) is 1. The Morgan fingerprint density at radius 2 is 1.75 bits per heavy atom. The molecule has 1 unspecified atom stereocenters. The molecule has 1 heterocycles. The van der Waals surface area contributed by atoms with Crippen molar-refractivity contribution in [2.45, 2.75) is 12.8 Å². The van der Waals surface area contributed by atoms with Crippen molar-refractivity contribution in [2.75, 3.05) is 19.5 Å². The lowest BCUT2D eigenvalue weighted by Gasteiger charge is -2.31. The van der Waals surface area contributed by atoms with Crippen LogP contribution in [0.4, 0.5) is 0 Å². The van der Waals surface area contributed by atoms with E-state index >= 15 is 0 Å². The number of hydrogen-bond donors (Lipinski definition) is 1. The zero-order valence-electron chi connectivity index (χ0n) is 13.5. The normalized spacial score (nSPS) is 17.5. The van der Waals surface area contributed by atoms with E-state index in [9.17, 15) is 9.59 Å². The smallest absolute Gasteiger partial charge is 0.336 e. The first kappa shape index (κ1) is 18.5. The largest absolute Gasteiger partial charge is 0.466 e. The molecule has 0 saturated carbocycles. The van der Waals surface area contributed by atoms with Gasteiger partial charge in [-0.3, -0.25) is 0 Å². The molecular formula is C17H17BrClNO4. The summed E-state index contributed by atoms with van der Waals surface area (Å²) in [5.41, 5.74) is 2.52. The summed E-state index contributed by atoms with van der Waals surface area (Å²) in [6.45, 7) is 1.76. The Labute approximate surface area is 153 Å². The fourth-order valence-electron chi connectivity index (χ4n) is 2.75. The lowest BCUT2D eigenvalue weighted by Crippen LogP contribution is -2.33. The van der Waals surface area contributed by atoms with Gasteiger partial charge in [0.05, 0.1) is 31.3 Å². The minimum Gasteiger partial charge on any atom is -0.466 e. The molecule has 1 aromatic carbocycles. The highest BCUT2D eigenvalue weighted by atomic mass is 79.9. The third-order valence-electron chi connectivity index (χ3n) is 3.81. The molecule has 24 heavy (non-hydrogen) atoms. The van der Waals surface area contributed by atoms with Crippen LogP contribution in [0, 0.1) is 0 Å².